The number of hydrogen-bond donors (Lipinski definition) is 1. The van der Waals surface area contributed by atoms with Crippen molar-refractivity contribution in [2.45, 2.75) is 25.8 Å². The van der Waals surface area contributed by atoms with E-state index in [9.17, 15) is 18.4 Å². The third kappa shape index (κ3) is 3.26. The molecule has 1 fully saturated rings. The Hall–Kier alpha value is -2.70. The minimum absolute atomic E-state index is 0.0451. The summed E-state index contributed by atoms with van der Waals surface area (Å²) in [7, 11) is 1.55. The molecular weight excluding hydrogens is 332 g/mol. The molecule has 132 valence electrons. The Morgan fingerprint density at radius 2 is 1.96 bits per heavy atom. The summed E-state index contributed by atoms with van der Waals surface area (Å²) in [6.45, 7) is 1.63. The Kier molecular flexibility index (Phi) is 4.32. The van der Waals surface area contributed by atoms with E-state index in [1.165, 1.54) is 36.1 Å². The molecule has 2 atom stereocenters. The Balaban J connectivity index is 1.68. The van der Waals surface area contributed by atoms with E-state index >= 15 is 0 Å². The van der Waals surface area contributed by atoms with Gasteiger partial charge in [-0.05, 0) is 31.5 Å². The predicted molar refractivity (Wildman–Crippen MR) is 84.1 cm³/mol. The molecule has 0 unspecified atom stereocenters. The second-order valence-electron chi connectivity index (χ2n) is 6.27. The zero-order valence-corrected chi connectivity index (χ0v) is 13.8. The fourth-order valence-electron chi connectivity index (χ4n) is 3.08. The highest BCUT2D eigenvalue weighted by atomic mass is 19.1. The average Bonchev–Trinajstić information content (AvgIpc) is 3.22. The van der Waals surface area contributed by atoms with Crippen molar-refractivity contribution in [1.29, 1.82) is 0 Å². The first-order valence-electron chi connectivity index (χ1n) is 7.81. The van der Waals surface area contributed by atoms with Gasteiger partial charge in [-0.15, -0.1) is 0 Å². The number of halogens is 2. The molecule has 1 aliphatic carbocycles. The number of aryl methyl sites for hydroxylation is 1. The first-order chi connectivity index (χ1) is 11.8. The van der Waals surface area contributed by atoms with Crippen LogP contribution in [0.25, 0.3) is 0 Å². The zero-order chi connectivity index (χ0) is 18.3. The van der Waals surface area contributed by atoms with Crippen molar-refractivity contribution in [2.75, 3.05) is 7.05 Å². The summed E-state index contributed by atoms with van der Waals surface area (Å²) in [6, 6.07) is 5.03. The Morgan fingerprint density at radius 3 is 2.52 bits per heavy atom. The highest BCUT2D eigenvalue weighted by Crippen LogP contribution is 2.50. The van der Waals surface area contributed by atoms with Crippen LogP contribution in [0.5, 0.6) is 0 Å². The van der Waals surface area contributed by atoms with Crippen LogP contribution in [0.1, 0.15) is 39.8 Å². The van der Waals surface area contributed by atoms with Crippen LogP contribution in [0.2, 0.25) is 0 Å². The molecule has 1 aliphatic rings. The maximum Gasteiger partial charge on any atom is 0.339 e. The van der Waals surface area contributed by atoms with Gasteiger partial charge in [0.1, 0.15) is 28.7 Å². The Morgan fingerprint density at radius 1 is 1.32 bits per heavy atom. The highest BCUT2D eigenvalue weighted by molar-refractivity contribution is 5.89. The number of carboxylic acids is 1. The van der Waals surface area contributed by atoms with Crippen molar-refractivity contribution >= 4 is 11.9 Å². The van der Waals surface area contributed by atoms with Crippen LogP contribution in [-0.2, 0) is 11.3 Å². The standard InChI is InChI=1S/C18H17F2NO4/c1-9-11(18(23)24)6-10(25-9)8-21(2)17(22)13-7-12(13)16-14(19)4-3-5-15(16)20/h3-6,12-13H,7-8H2,1-2H3,(H,23,24)/t12-,13-/m0/s1. The fourth-order valence-corrected chi connectivity index (χ4v) is 3.08. The molecule has 0 aliphatic heterocycles. The van der Waals surface area contributed by atoms with Gasteiger partial charge in [-0.1, -0.05) is 6.07 Å². The monoisotopic (exact) mass is 349 g/mol. The van der Waals surface area contributed by atoms with Crippen molar-refractivity contribution in [1.82, 2.24) is 4.90 Å². The van der Waals surface area contributed by atoms with Gasteiger partial charge in [-0.2, -0.15) is 0 Å². The molecule has 1 saturated carbocycles. The average molecular weight is 349 g/mol. The number of hydrogen-bond acceptors (Lipinski definition) is 3. The van der Waals surface area contributed by atoms with Crippen molar-refractivity contribution in [3.63, 3.8) is 0 Å². The topological polar surface area (TPSA) is 70.8 Å². The molecule has 0 radical (unpaired) electrons. The normalized spacial score (nSPS) is 18.9. The largest absolute Gasteiger partial charge is 0.478 e. The van der Waals surface area contributed by atoms with E-state index in [0.29, 0.717) is 12.2 Å². The number of rotatable bonds is 5. The molecular formula is C18H17F2NO4. The molecule has 1 aromatic carbocycles. The third-order valence-corrected chi connectivity index (χ3v) is 4.45. The molecule has 0 saturated heterocycles. The lowest BCUT2D eigenvalue weighted by atomic mass is 10.1. The lowest BCUT2D eigenvalue weighted by molar-refractivity contribution is -0.132. The molecule has 1 aromatic heterocycles. The molecule has 25 heavy (non-hydrogen) atoms. The zero-order valence-electron chi connectivity index (χ0n) is 13.8. The summed E-state index contributed by atoms with van der Waals surface area (Å²) >= 11 is 0. The number of nitrogens with zero attached hydrogens (tertiary/aromatic N) is 1. The van der Waals surface area contributed by atoms with Crippen molar-refractivity contribution in [3.05, 3.63) is 58.5 Å². The van der Waals surface area contributed by atoms with Crippen molar-refractivity contribution in [3.8, 4) is 0 Å². The van der Waals surface area contributed by atoms with Crippen molar-refractivity contribution in [2.24, 2.45) is 5.92 Å². The third-order valence-electron chi connectivity index (χ3n) is 4.45. The van der Waals surface area contributed by atoms with E-state index < -0.39 is 29.4 Å². The summed E-state index contributed by atoms with van der Waals surface area (Å²) in [5.74, 6) is -2.97. The minimum Gasteiger partial charge on any atom is -0.478 e. The van der Waals surface area contributed by atoms with Crippen LogP contribution in [-0.4, -0.2) is 28.9 Å². The van der Waals surface area contributed by atoms with Gasteiger partial charge in [0.05, 0.1) is 6.54 Å². The van der Waals surface area contributed by atoms with Gasteiger partial charge >= 0.3 is 5.97 Å². The maximum absolute atomic E-state index is 13.8. The second-order valence-corrected chi connectivity index (χ2v) is 6.27. The van der Waals surface area contributed by atoms with Gasteiger partial charge in [-0.3, -0.25) is 4.79 Å². The molecule has 1 amide bonds. The fraction of sp³-hybridized carbons (Fsp3) is 0.333. The smallest absolute Gasteiger partial charge is 0.339 e. The SMILES string of the molecule is Cc1oc(CN(C)C(=O)[C@H]2C[C@@H]2c2c(F)cccc2F)cc1C(=O)O. The summed E-state index contributed by atoms with van der Waals surface area (Å²) in [6.07, 6.45) is 0.387. The van der Waals surface area contributed by atoms with Crippen LogP contribution in [0.15, 0.2) is 28.7 Å². The maximum atomic E-state index is 13.8. The van der Waals surface area contributed by atoms with E-state index in [1.54, 1.807) is 7.05 Å². The van der Waals surface area contributed by atoms with Gasteiger partial charge in [0.2, 0.25) is 5.91 Å². The summed E-state index contributed by atoms with van der Waals surface area (Å²) < 4.78 is 33.0. The van der Waals surface area contributed by atoms with Gasteiger partial charge in [-0.25, -0.2) is 13.6 Å². The number of carboxylic acid groups (broad SMARTS) is 1. The number of benzene rings is 1. The molecule has 1 heterocycles. The lowest BCUT2D eigenvalue weighted by Gasteiger charge is -2.16. The van der Waals surface area contributed by atoms with Crippen LogP contribution in [0.3, 0.4) is 0 Å². The number of carbonyl (C=O) groups is 2. The van der Waals surface area contributed by atoms with Gasteiger partial charge in [0, 0.05) is 24.4 Å². The molecule has 0 bridgehead atoms. The highest BCUT2D eigenvalue weighted by Gasteiger charge is 2.47. The molecule has 3 rings (SSSR count). The van der Waals surface area contributed by atoms with Crippen LogP contribution in [0.4, 0.5) is 8.78 Å². The van der Waals surface area contributed by atoms with E-state index in [-0.39, 0.29) is 29.3 Å². The summed E-state index contributed by atoms with van der Waals surface area (Å²) in [5.41, 5.74) is 0.00447. The van der Waals surface area contributed by atoms with E-state index in [2.05, 4.69) is 0 Å². The summed E-state index contributed by atoms with van der Waals surface area (Å²) in [4.78, 5) is 24.9. The minimum atomic E-state index is -1.10. The molecule has 0 spiro atoms. The van der Waals surface area contributed by atoms with Crippen molar-refractivity contribution < 1.29 is 27.9 Å². The molecule has 7 heteroatoms. The Labute approximate surface area is 142 Å². The number of carbonyl (C=O) groups excluding carboxylic acids is 1. The van der Waals surface area contributed by atoms with Crippen LogP contribution < -0.4 is 0 Å². The number of aromatic carboxylic acids is 1. The summed E-state index contributed by atoms with van der Waals surface area (Å²) in [5, 5.41) is 9.02. The van der Waals surface area contributed by atoms with Crippen LogP contribution in [0, 0.1) is 24.5 Å². The number of furan rings is 1. The van der Waals surface area contributed by atoms with E-state index in [4.69, 9.17) is 9.52 Å². The molecule has 1 N–H and O–H groups in total. The molecule has 5 nitrogen and oxygen atoms in total. The quantitative estimate of drug-likeness (QED) is 0.899. The molecule has 2 aromatic rings. The predicted octanol–water partition coefficient (Wildman–Crippen LogP) is 3.33. The first-order valence-corrected chi connectivity index (χ1v) is 7.81. The van der Waals surface area contributed by atoms with Crippen LogP contribution >= 0.6 is 0 Å². The van der Waals surface area contributed by atoms with Gasteiger partial charge in [0.15, 0.2) is 0 Å². The first kappa shape index (κ1) is 17.1. The Bertz CT molecular complexity index is 825. The van der Waals surface area contributed by atoms with Gasteiger partial charge in [0.25, 0.3) is 0 Å². The number of amides is 1. The van der Waals surface area contributed by atoms with E-state index in [0.717, 1.165) is 0 Å². The van der Waals surface area contributed by atoms with E-state index in [1.807, 2.05) is 0 Å². The lowest BCUT2D eigenvalue weighted by Crippen LogP contribution is -2.28. The second kappa shape index (κ2) is 6.31. The van der Waals surface area contributed by atoms with Gasteiger partial charge < -0.3 is 14.4 Å².